The molecular weight excluding hydrogens is 282 g/mol. The topological polar surface area (TPSA) is 21.3 Å². The maximum Gasteiger partial charge on any atom is 0.0653 e. The van der Waals surface area contributed by atoms with E-state index in [-0.39, 0.29) is 0 Å². The fourth-order valence-corrected chi connectivity index (χ4v) is 6.28. The van der Waals surface area contributed by atoms with Gasteiger partial charge < -0.3 is 10.1 Å². The maximum atomic E-state index is 6.78. The summed E-state index contributed by atoms with van der Waals surface area (Å²) >= 11 is 0. The lowest BCUT2D eigenvalue weighted by Gasteiger charge is -2.41. The van der Waals surface area contributed by atoms with E-state index in [9.17, 15) is 0 Å². The van der Waals surface area contributed by atoms with Crippen LogP contribution in [0.1, 0.15) is 65.2 Å². The standard InChI is InChI=1S/C21H35NO/c1-13(2)17-12-20-18(11-14(17)3)15-7-6-8-16(21(15)23-20)19-9-4-5-10-22-19/h13,15-22H,3-12H2,1-2H3. The summed E-state index contributed by atoms with van der Waals surface area (Å²) in [6.45, 7) is 10.4. The highest BCUT2D eigenvalue weighted by molar-refractivity contribution is 5.13. The van der Waals surface area contributed by atoms with Crippen LogP contribution in [0.15, 0.2) is 12.2 Å². The van der Waals surface area contributed by atoms with E-state index in [1.807, 2.05) is 0 Å². The quantitative estimate of drug-likeness (QED) is 0.754. The molecule has 0 radical (unpaired) electrons. The van der Waals surface area contributed by atoms with Gasteiger partial charge in [0, 0.05) is 12.0 Å². The summed E-state index contributed by atoms with van der Waals surface area (Å²) in [7, 11) is 0. The highest BCUT2D eigenvalue weighted by Crippen LogP contribution is 2.53. The molecule has 4 rings (SSSR count). The number of nitrogens with one attached hydrogen (secondary N) is 1. The first-order chi connectivity index (χ1) is 11.1. The minimum absolute atomic E-state index is 0.520. The molecule has 2 heteroatoms. The molecule has 2 aliphatic heterocycles. The molecule has 4 fully saturated rings. The Morgan fingerprint density at radius 1 is 1.04 bits per heavy atom. The normalized spacial score (nSPS) is 47.4. The van der Waals surface area contributed by atoms with Crippen molar-refractivity contribution in [2.75, 3.05) is 6.54 Å². The fourth-order valence-electron chi connectivity index (χ4n) is 6.28. The first-order valence-corrected chi connectivity index (χ1v) is 10.2. The van der Waals surface area contributed by atoms with Crippen LogP contribution in [0.4, 0.5) is 0 Å². The molecule has 130 valence electrons. The largest absolute Gasteiger partial charge is 0.374 e. The molecule has 2 saturated carbocycles. The van der Waals surface area contributed by atoms with Crippen LogP contribution in [0.3, 0.4) is 0 Å². The van der Waals surface area contributed by atoms with Crippen molar-refractivity contribution in [3.63, 3.8) is 0 Å². The Kier molecular flexibility index (Phi) is 4.58. The Bertz CT molecular complexity index is 439. The van der Waals surface area contributed by atoms with Crippen LogP contribution in [0.5, 0.6) is 0 Å². The average molecular weight is 318 g/mol. The summed E-state index contributed by atoms with van der Waals surface area (Å²) < 4.78 is 6.78. The van der Waals surface area contributed by atoms with Gasteiger partial charge in [-0.15, -0.1) is 0 Å². The van der Waals surface area contributed by atoms with Crippen molar-refractivity contribution in [1.82, 2.24) is 5.32 Å². The number of piperidine rings is 1. The van der Waals surface area contributed by atoms with Crippen molar-refractivity contribution < 1.29 is 4.74 Å². The second-order valence-electron chi connectivity index (χ2n) is 9.07. The molecule has 7 unspecified atom stereocenters. The zero-order valence-electron chi connectivity index (χ0n) is 15.1. The third-order valence-electron chi connectivity index (χ3n) is 7.46. The zero-order chi connectivity index (χ0) is 16.0. The van der Waals surface area contributed by atoms with Crippen LogP contribution in [0.2, 0.25) is 0 Å². The van der Waals surface area contributed by atoms with Gasteiger partial charge in [-0.3, -0.25) is 0 Å². The van der Waals surface area contributed by atoms with Gasteiger partial charge in [0.25, 0.3) is 0 Å². The molecule has 2 nitrogen and oxygen atoms in total. The Balaban J connectivity index is 1.50. The van der Waals surface area contributed by atoms with E-state index in [4.69, 9.17) is 4.74 Å². The van der Waals surface area contributed by atoms with E-state index in [2.05, 4.69) is 25.7 Å². The molecule has 7 atom stereocenters. The van der Waals surface area contributed by atoms with Crippen molar-refractivity contribution in [3.8, 4) is 0 Å². The summed E-state index contributed by atoms with van der Waals surface area (Å²) in [6.07, 6.45) is 11.9. The van der Waals surface area contributed by atoms with E-state index in [1.165, 1.54) is 63.5 Å². The predicted molar refractivity (Wildman–Crippen MR) is 95.3 cm³/mol. The van der Waals surface area contributed by atoms with Crippen LogP contribution >= 0.6 is 0 Å². The van der Waals surface area contributed by atoms with Crippen molar-refractivity contribution in [3.05, 3.63) is 12.2 Å². The van der Waals surface area contributed by atoms with Crippen LogP contribution in [-0.2, 0) is 4.74 Å². The van der Waals surface area contributed by atoms with Gasteiger partial charge in [0.2, 0.25) is 0 Å². The molecule has 2 aliphatic carbocycles. The van der Waals surface area contributed by atoms with Gasteiger partial charge in [-0.2, -0.15) is 0 Å². The first-order valence-electron chi connectivity index (χ1n) is 10.2. The van der Waals surface area contributed by atoms with E-state index >= 15 is 0 Å². The van der Waals surface area contributed by atoms with Crippen molar-refractivity contribution in [1.29, 1.82) is 0 Å². The number of allylic oxidation sites excluding steroid dienone is 1. The van der Waals surface area contributed by atoms with Crippen LogP contribution in [0, 0.1) is 29.6 Å². The second kappa shape index (κ2) is 6.52. The summed E-state index contributed by atoms with van der Waals surface area (Å²) in [4.78, 5) is 0. The van der Waals surface area contributed by atoms with Crippen LogP contribution < -0.4 is 5.32 Å². The Morgan fingerprint density at radius 3 is 2.61 bits per heavy atom. The third kappa shape index (κ3) is 2.91. The second-order valence-corrected chi connectivity index (χ2v) is 9.07. The van der Waals surface area contributed by atoms with Gasteiger partial charge in [0.05, 0.1) is 12.2 Å². The van der Waals surface area contributed by atoms with Crippen LogP contribution in [0.25, 0.3) is 0 Å². The minimum Gasteiger partial charge on any atom is -0.374 e. The van der Waals surface area contributed by atoms with Gasteiger partial charge in [0.1, 0.15) is 0 Å². The predicted octanol–water partition coefficient (Wildman–Crippen LogP) is 4.55. The molecule has 0 aromatic rings. The molecule has 1 N–H and O–H groups in total. The number of fused-ring (bicyclic) bond motifs is 3. The number of ether oxygens (including phenoxy) is 1. The molecule has 2 heterocycles. The van der Waals surface area contributed by atoms with Crippen molar-refractivity contribution in [2.45, 2.75) is 83.5 Å². The average Bonchev–Trinajstić information content (AvgIpc) is 2.92. The number of hydrogen-bond donors (Lipinski definition) is 1. The lowest BCUT2D eigenvalue weighted by molar-refractivity contribution is -0.0418. The SMILES string of the molecule is C=C1CC2C(CC1C(C)C)OC1C(C3CCCCN3)CCCC21. The third-order valence-corrected chi connectivity index (χ3v) is 7.46. The fraction of sp³-hybridized carbons (Fsp3) is 0.905. The van der Waals surface area contributed by atoms with Gasteiger partial charge in [-0.05, 0) is 68.7 Å². The molecule has 0 aromatic heterocycles. The Morgan fingerprint density at radius 2 is 1.87 bits per heavy atom. The molecule has 0 amide bonds. The van der Waals surface area contributed by atoms with E-state index < -0.39 is 0 Å². The van der Waals surface area contributed by atoms with Crippen molar-refractivity contribution in [2.24, 2.45) is 29.6 Å². The smallest absolute Gasteiger partial charge is 0.0653 e. The number of hydrogen-bond acceptors (Lipinski definition) is 2. The first kappa shape index (κ1) is 16.1. The lowest BCUT2D eigenvalue weighted by atomic mass is 9.65. The minimum atomic E-state index is 0.520. The molecule has 0 bridgehead atoms. The summed E-state index contributed by atoms with van der Waals surface area (Å²) in [5.41, 5.74) is 1.52. The highest BCUT2D eigenvalue weighted by Gasteiger charge is 2.52. The summed E-state index contributed by atoms with van der Waals surface area (Å²) in [5, 5.41) is 3.82. The van der Waals surface area contributed by atoms with Gasteiger partial charge >= 0.3 is 0 Å². The lowest BCUT2D eigenvalue weighted by Crippen LogP contribution is -2.48. The van der Waals surface area contributed by atoms with Gasteiger partial charge in [0.15, 0.2) is 0 Å². The Labute approximate surface area is 142 Å². The van der Waals surface area contributed by atoms with E-state index in [1.54, 1.807) is 0 Å². The summed E-state index contributed by atoms with van der Waals surface area (Å²) in [6, 6.07) is 0.723. The Hall–Kier alpha value is -0.340. The number of rotatable bonds is 2. The zero-order valence-corrected chi connectivity index (χ0v) is 15.1. The van der Waals surface area contributed by atoms with Crippen molar-refractivity contribution >= 4 is 0 Å². The molecule has 23 heavy (non-hydrogen) atoms. The molecule has 2 saturated heterocycles. The molecular formula is C21H35NO. The maximum absolute atomic E-state index is 6.78. The molecule has 0 spiro atoms. The highest BCUT2D eigenvalue weighted by atomic mass is 16.5. The molecule has 0 aromatic carbocycles. The summed E-state index contributed by atoms with van der Waals surface area (Å²) in [5.74, 6) is 3.75. The molecule has 4 aliphatic rings. The van der Waals surface area contributed by atoms with Gasteiger partial charge in [-0.1, -0.05) is 38.8 Å². The van der Waals surface area contributed by atoms with Crippen LogP contribution in [-0.4, -0.2) is 24.8 Å². The van der Waals surface area contributed by atoms with Gasteiger partial charge in [-0.25, -0.2) is 0 Å². The van der Waals surface area contributed by atoms with E-state index in [0.29, 0.717) is 24.0 Å². The van der Waals surface area contributed by atoms with E-state index in [0.717, 1.165) is 23.8 Å². The monoisotopic (exact) mass is 317 g/mol.